The average molecular weight is 540 g/mol. The predicted octanol–water partition coefficient (Wildman–Crippen LogP) is -1.52. The van der Waals surface area contributed by atoms with Gasteiger partial charge in [-0.3, -0.25) is 19.4 Å². The highest BCUT2D eigenvalue weighted by Crippen LogP contribution is 2.50. The van der Waals surface area contributed by atoms with Crippen LogP contribution in [0.4, 0.5) is 0 Å². The van der Waals surface area contributed by atoms with Crippen molar-refractivity contribution in [2.45, 2.75) is 61.0 Å². The number of aliphatic carboxylic acids is 2. The molecule has 12 N–H and O–H groups in total. The zero-order valence-electron chi connectivity index (χ0n) is 20.4. The summed E-state index contributed by atoms with van der Waals surface area (Å²) in [6.07, 6.45) is 0.956. The summed E-state index contributed by atoms with van der Waals surface area (Å²) in [6, 6.07) is 2.39. The van der Waals surface area contributed by atoms with Crippen LogP contribution in [0.15, 0.2) is 29.3 Å². The second-order valence-corrected chi connectivity index (χ2v) is 10.8. The first-order valence-corrected chi connectivity index (χ1v) is 12.2. The number of aliphatic imine (C=N–C) groups is 1. The number of nitrogens with two attached hydrogens (primary N) is 4. The molecule has 1 aromatic carbocycles. The molecule has 1 aromatic rings. The van der Waals surface area contributed by atoms with E-state index in [1.54, 1.807) is 13.8 Å². The summed E-state index contributed by atoms with van der Waals surface area (Å²) in [5, 5.41) is 29.2. The molecule has 15 heteroatoms. The Morgan fingerprint density at radius 2 is 1.76 bits per heavy atom. The van der Waals surface area contributed by atoms with Crippen molar-refractivity contribution >= 4 is 41.5 Å². The average Bonchev–Trinajstić information content (AvgIpc) is 3.08. The van der Waals surface area contributed by atoms with Crippen molar-refractivity contribution < 1.29 is 34.5 Å². The van der Waals surface area contributed by atoms with E-state index in [0.717, 1.165) is 0 Å². The highest BCUT2D eigenvalue weighted by Gasteiger charge is 2.64. The lowest BCUT2D eigenvalue weighted by Gasteiger charge is -2.43. The minimum absolute atomic E-state index is 0.0129. The number of rotatable bonds is 9. The Hall–Kier alpha value is -3.56. The number of hydrogen-bond acceptors (Lipinski definition) is 9. The number of nitrogens with zero attached hydrogens (tertiary/aromatic N) is 2. The number of carboxylic acid groups (broad SMARTS) is 2. The monoisotopic (exact) mass is 539 g/mol. The van der Waals surface area contributed by atoms with Gasteiger partial charge >= 0.3 is 11.9 Å². The summed E-state index contributed by atoms with van der Waals surface area (Å²) < 4.78 is -0.648. The van der Waals surface area contributed by atoms with Crippen LogP contribution in [0.3, 0.4) is 0 Å². The molecule has 2 fully saturated rings. The Balaban J connectivity index is 0.000000341. The van der Waals surface area contributed by atoms with E-state index < -0.39 is 58.0 Å². The number of carbonyl (C=O) groups is 4. The summed E-state index contributed by atoms with van der Waals surface area (Å²) in [5.74, 6) is -2.93. The molecule has 2 aliphatic heterocycles. The maximum atomic E-state index is 12.3. The van der Waals surface area contributed by atoms with Gasteiger partial charge in [-0.2, -0.15) is 0 Å². The lowest BCUT2D eigenvalue weighted by atomic mass is 9.95. The fourth-order valence-electron chi connectivity index (χ4n) is 3.86. The molecular weight excluding hydrogens is 506 g/mol. The van der Waals surface area contributed by atoms with Gasteiger partial charge in [0.15, 0.2) is 5.96 Å². The van der Waals surface area contributed by atoms with E-state index in [2.05, 4.69) is 10.3 Å². The fraction of sp³-hybridized carbons (Fsp3) is 0.500. The van der Waals surface area contributed by atoms with Gasteiger partial charge in [0.2, 0.25) is 11.8 Å². The highest BCUT2D eigenvalue weighted by molar-refractivity contribution is 8.01. The third-order valence-electron chi connectivity index (χ3n) is 5.79. The van der Waals surface area contributed by atoms with Crippen LogP contribution < -0.4 is 28.3 Å². The van der Waals surface area contributed by atoms with E-state index in [9.17, 15) is 29.4 Å². The number of fused-ring (bicyclic) bond motifs is 1. The molecule has 3 rings (SSSR count). The number of phenolic OH excluding ortho intramolecular Hbond substituents is 1. The molecule has 2 heterocycles. The number of carboxylic acids is 2. The second-order valence-electron chi connectivity index (χ2n) is 9.05. The molecule has 0 saturated carbocycles. The lowest BCUT2D eigenvalue weighted by molar-refractivity contribution is -0.161. The van der Waals surface area contributed by atoms with Crippen LogP contribution in [0.25, 0.3) is 0 Å². The molecule has 14 nitrogen and oxygen atoms in total. The molecule has 204 valence electrons. The predicted molar refractivity (Wildman–Crippen MR) is 136 cm³/mol. The number of nitrogens with one attached hydrogen (secondary N) is 1. The van der Waals surface area contributed by atoms with Gasteiger partial charge in [-0.1, -0.05) is 12.1 Å². The van der Waals surface area contributed by atoms with Gasteiger partial charge in [-0.15, -0.1) is 11.8 Å². The first kappa shape index (κ1) is 29.7. The van der Waals surface area contributed by atoms with Gasteiger partial charge < -0.3 is 48.5 Å². The molecule has 2 saturated heterocycles. The number of aromatic hydroxyl groups is 1. The van der Waals surface area contributed by atoms with Gasteiger partial charge in [-0.05, 0) is 44.4 Å². The first-order chi connectivity index (χ1) is 17.2. The molecule has 37 heavy (non-hydrogen) atoms. The molecular formula is C22H33N7O7S. The molecule has 0 bridgehead atoms. The summed E-state index contributed by atoms with van der Waals surface area (Å²) in [7, 11) is 0. The van der Waals surface area contributed by atoms with Crippen LogP contribution in [0.5, 0.6) is 5.75 Å². The second kappa shape index (κ2) is 12.1. The number of β-lactam (4-membered cyclic amide) rings is 1. The zero-order valence-corrected chi connectivity index (χ0v) is 21.2. The van der Waals surface area contributed by atoms with Crippen LogP contribution in [0, 0.1) is 0 Å². The molecule has 5 unspecified atom stereocenters. The van der Waals surface area contributed by atoms with E-state index >= 15 is 0 Å². The number of guanidine groups is 1. The van der Waals surface area contributed by atoms with E-state index in [1.165, 1.54) is 40.9 Å². The lowest BCUT2D eigenvalue weighted by Crippen LogP contribution is -2.71. The van der Waals surface area contributed by atoms with Crippen molar-refractivity contribution in [1.82, 2.24) is 10.2 Å². The summed E-state index contributed by atoms with van der Waals surface area (Å²) in [6.45, 7) is 3.95. The Morgan fingerprint density at radius 3 is 2.27 bits per heavy atom. The van der Waals surface area contributed by atoms with Crippen molar-refractivity contribution in [3.05, 3.63) is 29.8 Å². The normalized spacial score (nSPS) is 22.9. The van der Waals surface area contributed by atoms with Crippen molar-refractivity contribution in [3.8, 4) is 5.75 Å². The summed E-state index contributed by atoms with van der Waals surface area (Å²) in [4.78, 5) is 51.4. The van der Waals surface area contributed by atoms with Crippen LogP contribution in [-0.2, 0) is 19.2 Å². The Kier molecular flexibility index (Phi) is 9.72. The third kappa shape index (κ3) is 7.24. The fourth-order valence-corrected chi connectivity index (χ4v) is 5.49. The van der Waals surface area contributed by atoms with Crippen molar-refractivity contribution in [3.63, 3.8) is 0 Å². The van der Waals surface area contributed by atoms with E-state index in [1.807, 2.05) is 0 Å². The smallest absolute Gasteiger partial charge is 0.327 e. The maximum absolute atomic E-state index is 12.3. The minimum Gasteiger partial charge on any atom is -0.508 e. The van der Waals surface area contributed by atoms with Crippen molar-refractivity contribution in [2.24, 2.45) is 27.9 Å². The number of benzene rings is 1. The Bertz CT molecular complexity index is 1050. The standard InChI is InChI=1S/C16H19N3O5S.C6H14N4O2/c1-16(2)11(15(23)24)19-13(22)10(14(19)25-16)18-12(21)9(17)7-3-5-8(20)6-4-7;7-4(5(11)12)2-1-3-10-6(8)9/h3-6,9-11,14,20H,17H2,1-2H3,(H,18,21)(H,23,24);4H,1-3,7H2,(H,11,12)(H4,8,9,10). The molecule has 2 aliphatic rings. The van der Waals surface area contributed by atoms with Crippen molar-refractivity contribution in [2.75, 3.05) is 6.54 Å². The first-order valence-electron chi connectivity index (χ1n) is 11.3. The summed E-state index contributed by atoms with van der Waals surface area (Å²) >= 11 is 1.35. The van der Waals surface area contributed by atoms with Gasteiger partial charge in [0, 0.05) is 11.3 Å². The van der Waals surface area contributed by atoms with Gasteiger partial charge in [0.05, 0.1) is 0 Å². The third-order valence-corrected chi connectivity index (χ3v) is 7.36. The maximum Gasteiger partial charge on any atom is 0.327 e. The molecule has 0 spiro atoms. The topological polar surface area (TPSA) is 261 Å². The van der Waals surface area contributed by atoms with Crippen LogP contribution in [0.1, 0.15) is 38.3 Å². The van der Waals surface area contributed by atoms with Crippen LogP contribution in [-0.4, -0.2) is 84.7 Å². The highest BCUT2D eigenvalue weighted by atomic mass is 32.2. The van der Waals surface area contributed by atoms with Crippen molar-refractivity contribution in [1.29, 1.82) is 0 Å². The van der Waals surface area contributed by atoms with Gasteiger partial charge in [0.25, 0.3) is 0 Å². The van der Waals surface area contributed by atoms with Gasteiger partial charge in [0.1, 0.15) is 35.3 Å². The van der Waals surface area contributed by atoms with E-state index in [4.69, 9.17) is 28.0 Å². The molecule has 2 amide bonds. The minimum atomic E-state index is -1.06. The van der Waals surface area contributed by atoms with Gasteiger partial charge in [-0.25, -0.2) is 4.79 Å². The molecule has 0 aliphatic carbocycles. The van der Waals surface area contributed by atoms with E-state index in [0.29, 0.717) is 24.9 Å². The zero-order chi connectivity index (χ0) is 28.1. The number of thioether (sulfide) groups is 1. The SMILES string of the molecule is CC1(C)SC2C(NC(=O)C(N)c3ccc(O)cc3)C(=O)N2C1C(=O)O.NC(N)=NCCCC(N)C(=O)O. The summed E-state index contributed by atoms with van der Waals surface area (Å²) in [5.41, 5.74) is 21.7. The molecule has 0 radical (unpaired) electrons. The van der Waals surface area contributed by atoms with E-state index in [-0.39, 0.29) is 11.7 Å². The Labute approximate surface area is 217 Å². The number of amides is 2. The molecule has 0 aromatic heterocycles. The molecule has 5 atom stereocenters. The number of carbonyl (C=O) groups excluding carboxylic acids is 2. The number of phenols is 1. The Morgan fingerprint density at radius 1 is 1.16 bits per heavy atom. The quantitative estimate of drug-likeness (QED) is 0.0769. The largest absolute Gasteiger partial charge is 0.508 e. The van der Waals surface area contributed by atoms with Crippen LogP contribution >= 0.6 is 11.8 Å². The number of hydrogen-bond donors (Lipinski definition) is 8. The van der Waals surface area contributed by atoms with Crippen LogP contribution in [0.2, 0.25) is 0 Å².